The first-order valence-electron chi connectivity index (χ1n) is 12.0. The topological polar surface area (TPSA) is 84.0 Å². The number of amides is 2. The van der Waals surface area contributed by atoms with Crippen LogP contribution in [0.25, 0.3) is 0 Å². The van der Waals surface area contributed by atoms with Gasteiger partial charge in [-0.2, -0.15) is 0 Å². The number of benzene rings is 1. The minimum absolute atomic E-state index is 0.00553. The van der Waals surface area contributed by atoms with Crippen molar-refractivity contribution in [3.8, 4) is 5.75 Å². The number of morpholine rings is 1. The van der Waals surface area contributed by atoms with Crippen LogP contribution in [0.3, 0.4) is 0 Å². The van der Waals surface area contributed by atoms with E-state index in [-0.39, 0.29) is 29.9 Å². The highest BCUT2D eigenvalue weighted by Gasteiger charge is 2.28. The number of piperidine rings is 1. The van der Waals surface area contributed by atoms with Crippen LogP contribution in [0.15, 0.2) is 35.7 Å². The van der Waals surface area contributed by atoms with Gasteiger partial charge in [0.1, 0.15) is 5.75 Å². The third-order valence-corrected chi connectivity index (χ3v) is 7.02. The average molecular weight is 487 g/mol. The van der Waals surface area contributed by atoms with Gasteiger partial charge in [0, 0.05) is 44.0 Å². The van der Waals surface area contributed by atoms with Gasteiger partial charge in [0.05, 0.1) is 30.9 Å². The van der Waals surface area contributed by atoms with Gasteiger partial charge < -0.3 is 19.7 Å². The number of thiazole rings is 1. The molecule has 3 heterocycles. The number of hydrogen-bond donors (Lipinski definition) is 1. The number of carbonyl (C=O) groups is 2. The molecular weight excluding hydrogens is 452 g/mol. The highest BCUT2D eigenvalue weighted by atomic mass is 32.1. The summed E-state index contributed by atoms with van der Waals surface area (Å²) in [4.78, 5) is 34.0. The Morgan fingerprint density at radius 2 is 1.85 bits per heavy atom. The Balaban J connectivity index is 1.17. The first-order chi connectivity index (χ1) is 16.5. The van der Waals surface area contributed by atoms with Gasteiger partial charge in [-0.25, -0.2) is 4.98 Å². The summed E-state index contributed by atoms with van der Waals surface area (Å²) in [5.41, 5.74) is 0.972. The van der Waals surface area contributed by atoms with Crippen LogP contribution in [0.1, 0.15) is 38.8 Å². The molecule has 0 saturated carbocycles. The van der Waals surface area contributed by atoms with Gasteiger partial charge >= 0.3 is 0 Å². The predicted octanol–water partition coefficient (Wildman–Crippen LogP) is 3.40. The molecule has 0 aliphatic carbocycles. The van der Waals surface area contributed by atoms with Crippen molar-refractivity contribution >= 4 is 28.3 Å². The molecule has 184 valence electrons. The second-order valence-electron chi connectivity index (χ2n) is 9.15. The quantitative estimate of drug-likeness (QED) is 0.616. The lowest BCUT2D eigenvalue weighted by Gasteiger charge is -2.34. The van der Waals surface area contributed by atoms with Gasteiger partial charge in [-0.3, -0.25) is 14.5 Å². The molecule has 9 heteroatoms. The molecule has 0 radical (unpaired) electrons. The Hall–Kier alpha value is -2.49. The fourth-order valence-corrected chi connectivity index (χ4v) is 5.31. The van der Waals surface area contributed by atoms with Crippen LogP contribution in [-0.4, -0.2) is 71.6 Å². The maximum atomic E-state index is 12.8. The van der Waals surface area contributed by atoms with Crippen LogP contribution in [0, 0.1) is 5.92 Å². The number of likely N-dealkylation sites (tertiary alicyclic amines) is 1. The minimum atomic E-state index is -0.0992. The van der Waals surface area contributed by atoms with Crippen LogP contribution >= 0.6 is 11.3 Å². The van der Waals surface area contributed by atoms with Gasteiger partial charge in [-0.05, 0) is 38.8 Å². The van der Waals surface area contributed by atoms with E-state index >= 15 is 0 Å². The number of hydrogen-bond acceptors (Lipinski definition) is 7. The van der Waals surface area contributed by atoms with E-state index < -0.39 is 0 Å². The molecule has 2 amide bonds. The Morgan fingerprint density at radius 3 is 2.56 bits per heavy atom. The molecule has 1 aromatic carbocycles. The monoisotopic (exact) mass is 486 g/mol. The fourth-order valence-electron chi connectivity index (χ4n) is 4.61. The lowest BCUT2D eigenvalue weighted by molar-refractivity contribution is -0.135. The lowest BCUT2D eigenvalue weighted by Crippen LogP contribution is -2.44. The average Bonchev–Trinajstić information content (AvgIpc) is 3.25. The lowest BCUT2D eigenvalue weighted by atomic mass is 9.96. The zero-order valence-electron chi connectivity index (χ0n) is 19.9. The summed E-state index contributed by atoms with van der Waals surface area (Å²) in [5.74, 6) is 0.739. The van der Waals surface area contributed by atoms with Gasteiger partial charge in [-0.15, -0.1) is 11.3 Å². The van der Waals surface area contributed by atoms with Crippen molar-refractivity contribution in [1.82, 2.24) is 14.8 Å². The number of carbonyl (C=O) groups excluding carboxylic acids is 2. The molecule has 1 aromatic heterocycles. The number of ether oxygens (including phenoxy) is 2. The van der Waals surface area contributed by atoms with Gasteiger partial charge in [-0.1, -0.05) is 18.2 Å². The van der Waals surface area contributed by atoms with E-state index in [9.17, 15) is 9.59 Å². The summed E-state index contributed by atoms with van der Waals surface area (Å²) in [6, 6.07) is 9.50. The number of nitrogens with one attached hydrogen (secondary N) is 1. The van der Waals surface area contributed by atoms with Crippen LogP contribution in [0.4, 0.5) is 5.13 Å². The van der Waals surface area contributed by atoms with Gasteiger partial charge in [0.25, 0.3) is 0 Å². The standard InChI is InChI=1S/C25H34N4O4S/c1-18-14-28(15-19(2)33-18)16-21-17-34-25(26-21)27-24(31)20-8-11-29(12-9-20)23(30)10-13-32-22-6-4-3-5-7-22/h3-7,17-20H,8-16H2,1-2H3,(H,26,27,31). The largest absolute Gasteiger partial charge is 0.493 e. The molecule has 2 atom stereocenters. The maximum absolute atomic E-state index is 12.8. The molecule has 2 aliphatic rings. The Bertz CT molecular complexity index is 935. The first-order valence-corrected chi connectivity index (χ1v) is 12.9. The Kier molecular flexibility index (Phi) is 8.53. The first kappa shape index (κ1) is 24.6. The fraction of sp³-hybridized carbons (Fsp3) is 0.560. The Labute approximate surface area is 205 Å². The summed E-state index contributed by atoms with van der Waals surface area (Å²) in [7, 11) is 0. The van der Waals surface area contributed by atoms with E-state index in [1.165, 1.54) is 11.3 Å². The van der Waals surface area contributed by atoms with E-state index in [2.05, 4.69) is 29.0 Å². The van der Waals surface area contributed by atoms with Crippen molar-refractivity contribution < 1.29 is 19.1 Å². The zero-order valence-corrected chi connectivity index (χ0v) is 20.8. The number of anilines is 1. The van der Waals surface area contributed by atoms with Crippen molar-refractivity contribution in [2.45, 2.75) is 51.9 Å². The summed E-state index contributed by atoms with van der Waals surface area (Å²) in [5, 5.41) is 5.64. The third-order valence-electron chi connectivity index (χ3n) is 6.21. The number of rotatable bonds is 8. The van der Waals surface area contributed by atoms with Gasteiger partial charge in [0.2, 0.25) is 11.8 Å². The van der Waals surface area contributed by atoms with E-state index in [1.54, 1.807) is 0 Å². The molecule has 2 unspecified atom stereocenters. The molecule has 1 N–H and O–H groups in total. The van der Waals surface area contributed by atoms with Crippen molar-refractivity contribution in [2.24, 2.45) is 5.92 Å². The normalized spacial score (nSPS) is 21.9. The molecule has 0 spiro atoms. The molecule has 8 nitrogen and oxygen atoms in total. The number of aromatic nitrogens is 1. The van der Waals surface area contributed by atoms with Crippen molar-refractivity contribution in [2.75, 3.05) is 38.1 Å². The summed E-state index contributed by atoms with van der Waals surface area (Å²) in [6.07, 6.45) is 2.11. The predicted molar refractivity (Wildman–Crippen MR) is 132 cm³/mol. The third kappa shape index (κ3) is 7.01. The van der Waals surface area contributed by atoms with Gasteiger partial charge in [0.15, 0.2) is 5.13 Å². The van der Waals surface area contributed by atoms with Crippen LogP contribution in [0.2, 0.25) is 0 Å². The zero-order chi connectivity index (χ0) is 23.9. The number of nitrogens with zero attached hydrogens (tertiary/aromatic N) is 3. The van der Waals surface area contributed by atoms with Crippen LogP contribution in [-0.2, 0) is 20.9 Å². The molecule has 2 aromatic rings. The summed E-state index contributed by atoms with van der Waals surface area (Å²) >= 11 is 1.47. The summed E-state index contributed by atoms with van der Waals surface area (Å²) < 4.78 is 11.4. The summed E-state index contributed by atoms with van der Waals surface area (Å²) in [6.45, 7) is 8.27. The van der Waals surface area contributed by atoms with E-state index in [1.807, 2.05) is 40.6 Å². The van der Waals surface area contributed by atoms with Crippen molar-refractivity contribution in [1.29, 1.82) is 0 Å². The smallest absolute Gasteiger partial charge is 0.229 e. The maximum Gasteiger partial charge on any atom is 0.229 e. The molecule has 2 fully saturated rings. The Morgan fingerprint density at radius 1 is 1.15 bits per heavy atom. The van der Waals surface area contributed by atoms with Crippen molar-refractivity contribution in [3.63, 3.8) is 0 Å². The van der Waals surface area contributed by atoms with E-state index in [0.29, 0.717) is 44.1 Å². The number of para-hydroxylation sites is 1. The van der Waals surface area contributed by atoms with E-state index in [0.717, 1.165) is 31.1 Å². The van der Waals surface area contributed by atoms with E-state index in [4.69, 9.17) is 9.47 Å². The van der Waals surface area contributed by atoms with Crippen LogP contribution in [0.5, 0.6) is 5.75 Å². The molecule has 2 saturated heterocycles. The highest BCUT2D eigenvalue weighted by Crippen LogP contribution is 2.23. The molecular formula is C25H34N4O4S. The highest BCUT2D eigenvalue weighted by molar-refractivity contribution is 7.13. The molecule has 4 rings (SSSR count). The molecule has 34 heavy (non-hydrogen) atoms. The molecule has 2 aliphatic heterocycles. The second kappa shape index (κ2) is 11.8. The SMILES string of the molecule is CC1CN(Cc2csc(NC(=O)C3CCN(C(=O)CCOc4ccccc4)CC3)n2)CC(C)O1. The minimum Gasteiger partial charge on any atom is -0.493 e. The second-order valence-corrected chi connectivity index (χ2v) is 10.0. The van der Waals surface area contributed by atoms with Crippen LogP contribution < -0.4 is 10.1 Å². The molecule has 0 bridgehead atoms. The van der Waals surface area contributed by atoms with Crippen molar-refractivity contribution in [3.05, 3.63) is 41.4 Å².